The Labute approximate surface area is 178 Å². The third kappa shape index (κ3) is 5.90. The molecular weight excluding hydrogens is 434 g/mol. The highest BCUT2D eigenvalue weighted by Crippen LogP contribution is 2.23. The van der Waals surface area contributed by atoms with Crippen LogP contribution in [0.4, 0.5) is 5.69 Å². The second kappa shape index (κ2) is 9.69. The van der Waals surface area contributed by atoms with Gasteiger partial charge in [0.2, 0.25) is 17.7 Å². The lowest BCUT2D eigenvalue weighted by atomic mass is 10.0. The second-order valence-corrected chi connectivity index (χ2v) is 8.02. The van der Waals surface area contributed by atoms with Crippen molar-refractivity contribution >= 4 is 39.3 Å². The zero-order valence-electron chi connectivity index (χ0n) is 16.3. The molecule has 3 rings (SSSR count). The zero-order chi connectivity index (χ0) is 20.8. The number of hydrogen-bond acceptors (Lipinski definition) is 3. The maximum Gasteiger partial charge on any atom is 0.227 e. The number of carbonyl (C=O) groups excluding carboxylic acids is 3. The standard InChI is InChI=1S/C22H24BrN3O3/c1-15(27)25-20(17-7-9-18(23)10-8-17)13-21(28)24-14-16-4-2-5-19(12-16)26-11-3-6-22(26)29/h2,4-5,7-10,12,20H,3,6,11,13-14H2,1H3,(H,24,28)(H,25,27). The highest BCUT2D eigenvalue weighted by molar-refractivity contribution is 9.10. The summed E-state index contributed by atoms with van der Waals surface area (Å²) in [5, 5.41) is 5.75. The van der Waals surface area contributed by atoms with E-state index in [2.05, 4.69) is 26.6 Å². The van der Waals surface area contributed by atoms with Gasteiger partial charge in [-0.25, -0.2) is 0 Å². The molecule has 0 radical (unpaired) electrons. The first kappa shape index (κ1) is 21.0. The highest BCUT2D eigenvalue weighted by atomic mass is 79.9. The summed E-state index contributed by atoms with van der Waals surface area (Å²) in [6, 6.07) is 14.8. The average Bonchev–Trinajstić information content (AvgIpc) is 3.12. The minimum absolute atomic E-state index is 0.138. The predicted octanol–water partition coefficient (Wildman–Crippen LogP) is 3.46. The number of rotatable bonds is 7. The fourth-order valence-corrected chi connectivity index (χ4v) is 3.67. The summed E-state index contributed by atoms with van der Waals surface area (Å²) in [4.78, 5) is 37.8. The van der Waals surface area contributed by atoms with E-state index in [0.717, 1.165) is 34.3 Å². The molecule has 1 unspecified atom stereocenters. The van der Waals surface area contributed by atoms with E-state index < -0.39 is 6.04 Å². The number of amides is 3. The Morgan fingerprint density at radius 2 is 1.93 bits per heavy atom. The Kier molecular flexibility index (Phi) is 7.04. The molecule has 3 amide bonds. The van der Waals surface area contributed by atoms with Crippen LogP contribution in [-0.2, 0) is 20.9 Å². The van der Waals surface area contributed by atoms with Gasteiger partial charge in [-0.05, 0) is 41.8 Å². The molecule has 29 heavy (non-hydrogen) atoms. The van der Waals surface area contributed by atoms with E-state index >= 15 is 0 Å². The van der Waals surface area contributed by atoms with Gasteiger partial charge in [-0.3, -0.25) is 14.4 Å². The van der Waals surface area contributed by atoms with Crippen LogP contribution < -0.4 is 15.5 Å². The van der Waals surface area contributed by atoms with E-state index in [-0.39, 0.29) is 24.1 Å². The van der Waals surface area contributed by atoms with Crippen LogP contribution in [0, 0.1) is 0 Å². The maximum atomic E-state index is 12.5. The molecule has 1 atom stereocenters. The predicted molar refractivity (Wildman–Crippen MR) is 115 cm³/mol. The van der Waals surface area contributed by atoms with Crippen molar-refractivity contribution in [1.82, 2.24) is 10.6 Å². The van der Waals surface area contributed by atoms with Crippen molar-refractivity contribution in [1.29, 1.82) is 0 Å². The zero-order valence-corrected chi connectivity index (χ0v) is 17.9. The third-order valence-electron chi connectivity index (χ3n) is 4.82. The van der Waals surface area contributed by atoms with Gasteiger partial charge in [0.1, 0.15) is 0 Å². The van der Waals surface area contributed by atoms with Crippen molar-refractivity contribution < 1.29 is 14.4 Å². The Balaban J connectivity index is 1.61. The Morgan fingerprint density at radius 1 is 1.17 bits per heavy atom. The quantitative estimate of drug-likeness (QED) is 0.667. The minimum atomic E-state index is -0.394. The van der Waals surface area contributed by atoms with Gasteiger partial charge in [0.25, 0.3) is 0 Å². The molecule has 0 spiro atoms. The van der Waals surface area contributed by atoms with Crippen LogP contribution in [0.25, 0.3) is 0 Å². The molecule has 0 aliphatic carbocycles. The summed E-state index contributed by atoms with van der Waals surface area (Å²) in [5.41, 5.74) is 2.66. The lowest BCUT2D eigenvalue weighted by molar-refractivity contribution is -0.123. The molecular formula is C22H24BrN3O3. The molecule has 2 aromatic rings. The van der Waals surface area contributed by atoms with Crippen LogP contribution in [0.2, 0.25) is 0 Å². The summed E-state index contributed by atoms with van der Waals surface area (Å²) in [6.45, 7) is 2.54. The average molecular weight is 458 g/mol. The first-order valence-electron chi connectivity index (χ1n) is 9.61. The van der Waals surface area contributed by atoms with Gasteiger partial charge in [0.15, 0.2) is 0 Å². The minimum Gasteiger partial charge on any atom is -0.352 e. The molecule has 152 valence electrons. The monoisotopic (exact) mass is 457 g/mol. The van der Waals surface area contributed by atoms with Crippen molar-refractivity contribution in [3.63, 3.8) is 0 Å². The number of benzene rings is 2. The Bertz CT molecular complexity index is 898. The van der Waals surface area contributed by atoms with Gasteiger partial charge in [-0.2, -0.15) is 0 Å². The fraction of sp³-hybridized carbons (Fsp3) is 0.318. The number of hydrogen-bond donors (Lipinski definition) is 2. The van der Waals surface area contributed by atoms with Crippen molar-refractivity contribution in [2.24, 2.45) is 0 Å². The van der Waals surface area contributed by atoms with Crippen LogP contribution in [0.1, 0.15) is 43.4 Å². The first-order valence-corrected chi connectivity index (χ1v) is 10.4. The van der Waals surface area contributed by atoms with E-state index in [1.54, 1.807) is 4.90 Å². The van der Waals surface area contributed by atoms with Crippen molar-refractivity contribution in [2.75, 3.05) is 11.4 Å². The van der Waals surface area contributed by atoms with Crippen molar-refractivity contribution in [3.8, 4) is 0 Å². The van der Waals surface area contributed by atoms with Gasteiger partial charge < -0.3 is 15.5 Å². The van der Waals surface area contributed by atoms with Crippen molar-refractivity contribution in [2.45, 2.75) is 38.8 Å². The van der Waals surface area contributed by atoms with Gasteiger partial charge in [0, 0.05) is 36.6 Å². The fourth-order valence-electron chi connectivity index (χ4n) is 3.41. The van der Waals surface area contributed by atoms with Crippen LogP contribution in [0.5, 0.6) is 0 Å². The van der Waals surface area contributed by atoms with E-state index in [0.29, 0.717) is 13.0 Å². The molecule has 0 saturated carbocycles. The Morgan fingerprint density at radius 3 is 2.59 bits per heavy atom. The van der Waals surface area contributed by atoms with E-state index in [1.807, 2.05) is 48.5 Å². The van der Waals surface area contributed by atoms with Crippen LogP contribution >= 0.6 is 15.9 Å². The lowest BCUT2D eigenvalue weighted by Crippen LogP contribution is -2.32. The molecule has 1 heterocycles. The summed E-state index contributed by atoms with van der Waals surface area (Å²) >= 11 is 3.39. The molecule has 1 saturated heterocycles. The lowest BCUT2D eigenvalue weighted by Gasteiger charge is -2.19. The smallest absolute Gasteiger partial charge is 0.227 e. The SMILES string of the molecule is CC(=O)NC(CC(=O)NCc1cccc(N2CCCC2=O)c1)c1ccc(Br)cc1. The summed E-state index contributed by atoms with van der Waals surface area (Å²) in [7, 11) is 0. The Hall–Kier alpha value is -2.67. The number of nitrogens with zero attached hydrogens (tertiary/aromatic N) is 1. The summed E-state index contributed by atoms with van der Waals surface area (Å²) in [5.74, 6) is -0.207. The molecule has 1 aliphatic rings. The molecule has 7 heteroatoms. The molecule has 1 fully saturated rings. The van der Waals surface area contributed by atoms with Crippen LogP contribution in [0.15, 0.2) is 53.0 Å². The highest BCUT2D eigenvalue weighted by Gasteiger charge is 2.22. The molecule has 6 nitrogen and oxygen atoms in total. The molecule has 2 N–H and O–H groups in total. The summed E-state index contributed by atoms with van der Waals surface area (Å²) in [6.07, 6.45) is 1.60. The van der Waals surface area contributed by atoms with Gasteiger partial charge in [0.05, 0.1) is 12.5 Å². The van der Waals surface area contributed by atoms with Crippen molar-refractivity contribution in [3.05, 3.63) is 64.1 Å². The largest absolute Gasteiger partial charge is 0.352 e. The normalized spacial score (nSPS) is 14.6. The van der Waals surface area contributed by atoms with Gasteiger partial charge >= 0.3 is 0 Å². The first-order chi connectivity index (χ1) is 13.9. The summed E-state index contributed by atoms with van der Waals surface area (Å²) < 4.78 is 0.934. The number of anilines is 1. The number of carbonyl (C=O) groups is 3. The van der Waals surface area contributed by atoms with Gasteiger partial charge in [-0.1, -0.05) is 40.2 Å². The molecule has 0 bridgehead atoms. The molecule has 1 aliphatic heterocycles. The number of nitrogens with one attached hydrogen (secondary N) is 2. The third-order valence-corrected chi connectivity index (χ3v) is 5.35. The van der Waals surface area contributed by atoms with Gasteiger partial charge in [-0.15, -0.1) is 0 Å². The topological polar surface area (TPSA) is 78.5 Å². The maximum absolute atomic E-state index is 12.5. The molecule has 0 aromatic heterocycles. The van der Waals surface area contributed by atoms with E-state index in [4.69, 9.17) is 0 Å². The molecule has 2 aromatic carbocycles. The van der Waals surface area contributed by atoms with E-state index in [1.165, 1.54) is 6.92 Å². The second-order valence-electron chi connectivity index (χ2n) is 7.10. The van der Waals surface area contributed by atoms with Crippen LogP contribution in [-0.4, -0.2) is 24.3 Å². The van der Waals surface area contributed by atoms with E-state index in [9.17, 15) is 14.4 Å². The van der Waals surface area contributed by atoms with Crippen LogP contribution in [0.3, 0.4) is 0 Å². The number of halogens is 1.